The van der Waals surface area contributed by atoms with Crippen LogP contribution in [-0.4, -0.2) is 46.9 Å². The molecular weight excluding hydrogens is 568 g/mol. The highest BCUT2D eigenvalue weighted by atomic mass is 16.7. The molecule has 0 saturated carbocycles. The first-order chi connectivity index (χ1) is 21.0. The minimum Gasteiger partial charge on any atom is -0.497 e. The lowest BCUT2D eigenvalue weighted by molar-refractivity contribution is -0.154. The summed E-state index contributed by atoms with van der Waals surface area (Å²) >= 11 is 0. The van der Waals surface area contributed by atoms with Crippen molar-refractivity contribution in [1.82, 2.24) is 14.5 Å². The van der Waals surface area contributed by atoms with Gasteiger partial charge in [-0.05, 0) is 59.5 Å². The SMILES string of the molecule is COc1ccc(CNC(=O)c2ccc3c(c2)c(=O)n(Cc2ccc(C(=O)OCOC(=O)C(N)C(C)C)cc2)c(=O)n3C)cc1. The van der Waals surface area contributed by atoms with Gasteiger partial charge >= 0.3 is 17.6 Å². The second-order valence-electron chi connectivity index (χ2n) is 10.5. The van der Waals surface area contributed by atoms with Gasteiger partial charge in [0.15, 0.2) is 0 Å². The van der Waals surface area contributed by atoms with E-state index >= 15 is 0 Å². The molecule has 0 aliphatic rings. The van der Waals surface area contributed by atoms with Gasteiger partial charge in [0.05, 0.1) is 30.1 Å². The molecule has 0 aliphatic heterocycles. The number of hydrogen-bond acceptors (Lipinski definition) is 9. The number of fused-ring (bicyclic) bond motifs is 1. The number of rotatable bonds is 11. The van der Waals surface area contributed by atoms with Gasteiger partial charge in [-0.15, -0.1) is 0 Å². The zero-order valence-corrected chi connectivity index (χ0v) is 24.9. The number of aryl methyl sites for hydroxylation is 1. The minimum absolute atomic E-state index is 0.0740. The van der Waals surface area contributed by atoms with Crippen molar-refractivity contribution in [3.63, 3.8) is 0 Å². The van der Waals surface area contributed by atoms with E-state index in [1.54, 1.807) is 64.4 Å². The summed E-state index contributed by atoms with van der Waals surface area (Å²) in [5, 5.41) is 3.04. The second-order valence-corrected chi connectivity index (χ2v) is 10.5. The Labute approximate surface area is 253 Å². The summed E-state index contributed by atoms with van der Waals surface area (Å²) in [6, 6.07) is 17.1. The van der Waals surface area contributed by atoms with Crippen LogP contribution in [0, 0.1) is 5.92 Å². The Hall–Kier alpha value is -5.23. The van der Waals surface area contributed by atoms with E-state index in [-0.39, 0.29) is 41.4 Å². The fourth-order valence-electron chi connectivity index (χ4n) is 4.35. The lowest BCUT2D eigenvalue weighted by atomic mass is 10.1. The molecule has 3 N–H and O–H groups in total. The summed E-state index contributed by atoms with van der Waals surface area (Å²) < 4.78 is 17.4. The van der Waals surface area contributed by atoms with Crippen LogP contribution >= 0.6 is 0 Å². The summed E-state index contributed by atoms with van der Waals surface area (Å²) in [4.78, 5) is 63.6. The summed E-state index contributed by atoms with van der Waals surface area (Å²) in [5.74, 6) is -1.19. The van der Waals surface area contributed by atoms with Crippen molar-refractivity contribution >= 4 is 28.7 Å². The third-order valence-electron chi connectivity index (χ3n) is 7.14. The number of carbonyl (C=O) groups excluding carboxylic acids is 3. The Morgan fingerprint density at radius 1 is 0.886 bits per heavy atom. The van der Waals surface area contributed by atoms with Crippen molar-refractivity contribution in [1.29, 1.82) is 0 Å². The van der Waals surface area contributed by atoms with Gasteiger partial charge in [-0.3, -0.25) is 23.5 Å². The summed E-state index contributed by atoms with van der Waals surface area (Å²) in [6.07, 6.45) is 0. The molecule has 1 amide bonds. The normalized spacial score (nSPS) is 11.7. The van der Waals surface area contributed by atoms with Gasteiger partial charge in [0.1, 0.15) is 11.8 Å². The molecule has 3 aromatic carbocycles. The van der Waals surface area contributed by atoms with E-state index in [1.807, 2.05) is 12.1 Å². The van der Waals surface area contributed by atoms with E-state index in [1.165, 1.54) is 22.8 Å². The maximum atomic E-state index is 13.4. The number of ether oxygens (including phenoxy) is 3. The van der Waals surface area contributed by atoms with Crippen molar-refractivity contribution < 1.29 is 28.6 Å². The largest absolute Gasteiger partial charge is 0.497 e. The number of methoxy groups -OCH3 is 1. The van der Waals surface area contributed by atoms with Crippen LogP contribution in [0.5, 0.6) is 5.75 Å². The quantitative estimate of drug-likeness (QED) is 0.194. The molecule has 4 rings (SSSR count). The van der Waals surface area contributed by atoms with Gasteiger partial charge < -0.3 is 25.3 Å². The molecule has 1 unspecified atom stereocenters. The van der Waals surface area contributed by atoms with Gasteiger partial charge in [0.25, 0.3) is 11.5 Å². The summed E-state index contributed by atoms with van der Waals surface area (Å²) in [6.45, 7) is 3.16. The van der Waals surface area contributed by atoms with E-state index in [4.69, 9.17) is 19.9 Å². The number of carbonyl (C=O) groups is 3. The molecule has 1 atom stereocenters. The van der Waals surface area contributed by atoms with Crippen molar-refractivity contribution in [3.05, 3.63) is 110 Å². The molecule has 0 bridgehead atoms. The van der Waals surface area contributed by atoms with E-state index in [0.29, 0.717) is 16.8 Å². The van der Waals surface area contributed by atoms with E-state index in [0.717, 1.165) is 10.1 Å². The number of hydrogen-bond donors (Lipinski definition) is 2. The molecule has 4 aromatic rings. The fraction of sp³-hybridized carbons (Fsp3) is 0.281. The maximum absolute atomic E-state index is 13.4. The Bertz CT molecular complexity index is 1790. The Balaban J connectivity index is 1.47. The lowest BCUT2D eigenvalue weighted by Gasteiger charge is -2.14. The highest BCUT2D eigenvalue weighted by molar-refractivity contribution is 5.97. The van der Waals surface area contributed by atoms with Crippen LogP contribution < -0.4 is 27.0 Å². The molecule has 0 radical (unpaired) electrons. The van der Waals surface area contributed by atoms with Crippen LogP contribution in [0.4, 0.5) is 0 Å². The van der Waals surface area contributed by atoms with Crippen LogP contribution in [-0.2, 0) is 34.4 Å². The Kier molecular flexibility index (Phi) is 9.96. The average Bonchev–Trinajstić information content (AvgIpc) is 3.04. The van der Waals surface area contributed by atoms with Crippen LogP contribution in [0.15, 0.2) is 76.3 Å². The van der Waals surface area contributed by atoms with Crippen LogP contribution in [0.1, 0.15) is 45.7 Å². The third-order valence-corrected chi connectivity index (χ3v) is 7.14. The lowest BCUT2D eigenvalue weighted by Crippen LogP contribution is -2.39. The molecule has 230 valence electrons. The predicted octanol–water partition coefficient (Wildman–Crippen LogP) is 2.33. The van der Waals surface area contributed by atoms with Gasteiger partial charge in [0, 0.05) is 19.2 Å². The first kappa shape index (κ1) is 31.7. The number of benzene rings is 3. The second kappa shape index (κ2) is 13.8. The van der Waals surface area contributed by atoms with Crippen molar-refractivity contribution in [2.45, 2.75) is 33.0 Å². The van der Waals surface area contributed by atoms with Crippen LogP contribution in [0.3, 0.4) is 0 Å². The average molecular weight is 603 g/mol. The van der Waals surface area contributed by atoms with Gasteiger partial charge in [0.2, 0.25) is 6.79 Å². The minimum atomic E-state index is -0.826. The van der Waals surface area contributed by atoms with Crippen molar-refractivity contribution in [2.24, 2.45) is 18.7 Å². The number of nitrogens with zero attached hydrogens (tertiary/aromatic N) is 2. The van der Waals surface area contributed by atoms with Crippen molar-refractivity contribution in [2.75, 3.05) is 13.9 Å². The van der Waals surface area contributed by atoms with Gasteiger partial charge in [-0.2, -0.15) is 0 Å². The summed E-state index contributed by atoms with van der Waals surface area (Å²) in [7, 11) is 3.12. The number of nitrogens with two attached hydrogens (primary N) is 1. The highest BCUT2D eigenvalue weighted by Crippen LogP contribution is 2.14. The topological polar surface area (TPSA) is 161 Å². The number of amides is 1. The van der Waals surface area contributed by atoms with Crippen LogP contribution in [0.25, 0.3) is 10.9 Å². The van der Waals surface area contributed by atoms with Crippen molar-refractivity contribution in [3.8, 4) is 5.75 Å². The Morgan fingerprint density at radius 3 is 2.16 bits per heavy atom. The zero-order valence-electron chi connectivity index (χ0n) is 24.9. The molecule has 0 fully saturated rings. The number of esters is 2. The summed E-state index contributed by atoms with van der Waals surface area (Å²) in [5.41, 5.74) is 6.89. The molecule has 12 nitrogen and oxygen atoms in total. The highest BCUT2D eigenvalue weighted by Gasteiger charge is 2.20. The Morgan fingerprint density at radius 2 is 1.52 bits per heavy atom. The number of aromatic nitrogens is 2. The van der Waals surface area contributed by atoms with E-state index < -0.39 is 36.0 Å². The van der Waals surface area contributed by atoms with E-state index in [2.05, 4.69) is 5.32 Å². The predicted molar refractivity (Wildman–Crippen MR) is 162 cm³/mol. The van der Waals surface area contributed by atoms with Gasteiger partial charge in [-0.1, -0.05) is 38.1 Å². The van der Waals surface area contributed by atoms with Crippen LogP contribution in [0.2, 0.25) is 0 Å². The first-order valence-corrected chi connectivity index (χ1v) is 13.8. The smallest absolute Gasteiger partial charge is 0.340 e. The first-order valence-electron chi connectivity index (χ1n) is 13.8. The molecule has 44 heavy (non-hydrogen) atoms. The molecular formula is C32H34N4O8. The van der Waals surface area contributed by atoms with Gasteiger partial charge in [-0.25, -0.2) is 9.59 Å². The molecule has 0 spiro atoms. The zero-order chi connectivity index (χ0) is 32.0. The number of nitrogens with one attached hydrogen (secondary N) is 1. The third kappa shape index (κ3) is 7.21. The molecule has 0 aliphatic carbocycles. The monoisotopic (exact) mass is 602 g/mol. The maximum Gasteiger partial charge on any atom is 0.340 e. The molecule has 1 heterocycles. The fourth-order valence-corrected chi connectivity index (χ4v) is 4.35. The van der Waals surface area contributed by atoms with E-state index in [9.17, 15) is 24.0 Å². The molecule has 1 aromatic heterocycles. The standard InChI is InChI=1S/C32H34N4O8/c1-19(2)27(33)31(40)44-18-43-30(39)22-9-5-21(6-10-22)17-36-29(38)25-15-23(11-14-26(25)35(3)32(36)41)28(37)34-16-20-7-12-24(42-4)13-8-20/h5-15,19,27H,16-18,33H2,1-4H3,(H,34,37). The molecule has 0 saturated heterocycles. The molecule has 12 heteroatoms.